The number of hydrogen-bond acceptors (Lipinski definition) is 5. The predicted octanol–water partition coefficient (Wildman–Crippen LogP) is 0.395. The van der Waals surface area contributed by atoms with Crippen molar-refractivity contribution in [2.24, 2.45) is 5.92 Å². The molecular formula is C17H20N2O5. The average Bonchev–Trinajstić information content (AvgIpc) is 3.03. The minimum absolute atomic E-state index is 0.0236. The lowest BCUT2D eigenvalue weighted by Crippen LogP contribution is -2.44. The molecule has 1 heterocycles. The summed E-state index contributed by atoms with van der Waals surface area (Å²) in [7, 11) is 1.26. The van der Waals surface area contributed by atoms with Crippen LogP contribution in [0.1, 0.15) is 23.2 Å². The molecule has 2 amide bonds. The third-order valence-corrected chi connectivity index (χ3v) is 4.09. The van der Waals surface area contributed by atoms with Gasteiger partial charge in [-0.1, -0.05) is 30.3 Å². The van der Waals surface area contributed by atoms with Gasteiger partial charge in [-0.2, -0.15) is 0 Å². The summed E-state index contributed by atoms with van der Waals surface area (Å²) in [6.07, 6.45) is 1.05. The summed E-state index contributed by atoms with van der Waals surface area (Å²) in [6, 6.07) is 8.18. The van der Waals surface area contributed by atoms with E-state index in [1.807, 2.05) is 6.07 Å². The fourth-order valence-electron chi connectivity index (χ4n) is 2.94. The third kappa shape index (κ3) is 4.18. The fraction of sp³-hybridized carbons (Fsp3) is 0.412. The van der Waals surface area contributed by atoms with Gasteiger partial charge in [0.2, 0.25) is 12.3 Å². The highest BCUT2D eigenvalue weighted by atomic mass is 16.5. The van der Waals surface area contributed by atoms with Crippen LogP contribution in [0.15, 0.2) is 30.3 Å². The molecule has 1 aromatic rings. The zero-order valence-corrected chi connectivity index (χ0v) is 13.4. The lowest BCUT2D eigenvalue weighted by molar-refractivity contribution is -0.150. The number of Topliss-reactive ketones (excluding diaryl/α,β-unsaturated/α-hetero) is 1. The fourth-order valence-corrected chi connectivity index (χ4v) is 2.94. The van der Waals surface area contributed by atoms with Gasteiger partial charge in [0.25, 0.3) is 0 Å². The molecule has 0 unspecified atom stereocenters. The molecule has 128 valence electrons. The van der Waals surface area contributed by atoms with Gasteiger partial charge in [-0.15, -0.1) is 0 Å². The molecule has 7 nitrogen and oxygen atoms in total. The van der Waals surface area contributed by atoms with Crippen molar-refractivity contribution < 1.29 is 23.9 Å². The highest BCUT2D eigenvalue weighted by molar-refractivity contribution is 5.96. The van der Waals surface area contributed by atoms with E-state index in [-0.39, 0.29) is 37.1 Å². The summed E-state index contributed by atoms with van der Waals surface area (Å²) >= 11 is 0. The van der Waals surface area contributed by atoms with Gasteiger partial charge >= 0.3 is 5.97 Å². The molecule has 1 aliphatic heterocycles. The molecule has 1 aliphatic rings. The summed E-state index contributed by atoms with van der Waals surface area (Å²) in [5.74, 6) is -1.03. The van der Waals surface area contributed by atoms with Crippen LogP contribution in [0.2, 0.25) is 0 Å². The Hall–Kier alpha value is -2.70. The van der Waals surface area contributed by atoms with Gasteiger partial charge in [0, 0.05) is 18.5 Å². The van der Waals surface area contributed by atoms with Gasteiger partial charge in [-0.3, -0.25) is 14.4 Å². The number of methoxy groups -OCH3 is 1. The molecule has 0 radical (unpaired) electrons. The first-order valence-corrected chi connectivity index (χ1v) is 7.69. The Bertz CT molecular complexity index is 617. The Labute approximate surface area is 140 Å². The quantitative estimate of drug-likeness (QED) is 0.443. The van der Waals surface area contributed by atoms with Crippen molar-refractivity contribution in [1.82, 2.24) is 10.2 Å². The number of likely N-dealkylation sites (tertiary alicyclic amines) is 1. The minimum Gasteiger partial charge on any atom is -0.467 e. The van der Waals surface area contributed by atoms with E-state index in [4.69, 9.17) is 4.74 Å². The molecule has 1 N–H and O–H groups in total. The van der Waals surface area contributed by atoms with Crippen molar-refractivity contribution >= 4 is 24.1 Å². The van der Waals surface area contributed by atoms with Crippen molar-refractivity contribution in [2.45, 2.75) is 18.9 Å². The first-order valence-electron chi connectivity index (χ1n) is 7.69. The van der Waals surface area contributed by atoms with Gasteiger partial charge in [0.15, 0.2) is 5.78 Å². The number of amides is 2. The molecule has 24 heavy (non-hydrogen) atoms. The molecule has 2 rings (SSSR count). The largest absolute Gasteiger partial charge is 0.467 e. The third-order valence-electron chi connectivity index (χ3n) is 4.09. The molecule has 0 bridgehead atoms. The highest BCUT2D eigenvalue weighted by Crippen LogP contribution is 2.28. The number of rotatable bonds is 7. The van der Waals surface area contributed by atoms with E-state index in [0.717, 1.165) is 0 Å². The maximum atomic E-state index is 12.3. The topological polar surface area (TPSA) is 92.8 Å². The van der Waals surface area contributed by atoms with E-state index < -0.39 is 12.0 Å². The molecule has 7 heteroatoms. The van der Waals surface area contributed by atoms with Crippen LogP contribution < -0.4 is 5.32 Å². The second-order valence-corrected chi connectivity index (χ2v) is 5.68. The number of carbonyl (C=O) groups excluding carboxylic acids is 4. The number of esters is 1. The molecule has 1 fully saturated rings. The number of nitrogens with zero attached hydrogens (tertiary/aromatic N) is 1. The molecular weight excluding hydrogens is 312 g/mol. The molecule has 1 aromatic carbocycles. The molecule has 1 saturated heterocycles. The number of benzene rings is 1. The Balaban J connectivity index is 2.05. The summed E-state index contributed by atoms with van der Waals surface area (Å²) in [6.45, 7) is 0.105. The van der Waals surface area contributed by atoms with Gasteiger partial charge in [-0.05, 0) is 12.3 Å². The van der Waals surface area contributed by atoms with Crippen LogP contribution in [0.5, 0.6) is 0 Å². The van der Waals surface area contributed by atoms with Crippen molar-refractivity contribution in [3.63, 3.8) is 0 Å². The molecule has 0 aromatic heterocycles. The van der Waals surface area contributed by atoms with Gasteiger partial charge in [0.1, 0.15) is 6.04 Å². The van der Waals surface area contributed by atoms with E-state index in [1.54, 1.807) is 24.3 Å². The van der Waals surface area contributed by atoms with E-state index in [2.05, 4.69) is 5.32 Å². The first-order chi connectivity index (χ1) is 11.6. The van der Waals surface area contributed by atoms with E-state index in [9.17, 15) is 19.2 Å². The Morgan fingerprint density at radius 3 is 2.62 bits per heavy atom. The average molecular weight is 332 g/mol. The molecule has 0 spiro atoms. The second-order valence-electron chi connectivity index (χ2n) is 5.68. The van der Waals surface area contributed by atoms with Gasteiger partial charge in [-0.25, -0.2) is 4.79 Å². The van der Waals surface area contributed by atoms with Crippen molar-refractivity contribution in [2.75, 3.05) is 20.2 Å². The van der Waals surface area contributed by atoms with Crippen molar-refractivity contribution in [3.8, 4) is 0 Å². The van der Waals surface area contributed by atoms with Crippen LogP contribution in [0.25, 0.3) is 0 Å². The van der Waals surface area contributed by atoms with E-state index >= 15 is 0 Å². The zero-order chi connectivity index (χ0) is 17.5. The van der Waals surface area contributed by atoms with Crippen LogP contribution in [0.3, 0.4) is 0 Å². The van der Waals surface area contributed by atoms with Crippen molar-refractivity contribution in [1.29, 1.82) is 0 Å². The predicted molar refractivity (Wildman–Crippen MR) is 85.1 cm³/mol. The van der Waals surface area contributed by atoms with Crippen LogP contribution >= 0.6 is 0 Å². The molecule has 2 atom stereocenters. The highest BCUT2D eigenvalue weighted by Gasteiger charge is 2.40. The van der Waals surface area contributed by atoms with Crippen LogP contribution in [0.4, 0.5) is 0 Å². The lowest BCUT2D eigenvalue weighted by atomic mass is 9.96. The Morgan fingerprint density at radius 1 is 1.29 bits per heavy atom. The van der Waals surface area contributed by atoms with Gasteiger partial charge < -0.3 is 15.0 Å². The summed E-state index contributed by atoms with van der Waals surface area (Å²) in [5, 5.41) is 2.29. The summed E-state index contributed by atoms with van der Waals surface area (Å²) in [4.78, 5) is 48.1. The standard InChI is InChI=1S/C17H20N2O5/c1-24-17(23)14-7-12(10-19(14)16(22)9-18-11-20)8-15(21)13-5-3-2-4-6-13/h2-6,11-12,14H,7-10H2,1H3,(H,18,20)/t12-,14-/m0/s1. The number of ether oxygens (including phenoxy) is 1. The zero-order valence-electron chi connectivity index (χ0n) is 13.4. The Kier molecular flexibility index (Phi) is 6.06. The minimum atomic E-state index is -0.718. The number of ketones is 1. The smallest absolute Gasteiger partial charge is 0.328 e. The number of nitrogens with one attached hydrogen (secondary N) is 1. The number of hydrogen-bond donors (Lipinski definition) is 1. The van der Waals surface area contributed by atoms with Crippen LogP contribution in [-0.4, -0.2) is 55.2 Å². The maximum Gasteiger partial charge on any atom is 0.328 e. The summed E-state index contributed by atoms with van der Waals surface area (Å²) in [5.41, 5.74) is 0.611. The van der Waals surface area contributed by atoms with Gasteiger partial charge in [0.05, 0.1) is 13.7 Å². The Morgan fingerprint density at radius 2 is 2.00 bits per heavy atom. The van der Waals surface area contributed by atoms with E-state index in [1.165, 1.54) is 12.0 Å². The normalized spacial score (nSPS) is 19.6. The number of carbonyl (C=O) groups is 4. The lowest BCUT2D eigenvalue weighted by Gasteiger charge is -2.22. The monoisotopic (exact) mass is 332 g/mol. The maximum absolute atomic E-state index is 12.3. The van der Waals surface area contributed by atoms with Crippen LogP contribution in [0, 0.1) is 5.92 Å². The second kappa shape index (κ2) is 8.24. The van der Waals surface area contributed by atoms with Crippen molar-refractivity contribution in [3.05, 3.63) is 35.9 Å². The van der Waals surface area contributed by atoms with Crippen LogP contribution in [-0.2, 0) is 19.1 Å². The summed E-state index contributed by atoms with van der Waals surface area (Å²) < 4.78 is 4.75. The molecule has 0 saturated carbocycles. The first kappa shape index (κ1) is 17.7. The van der Waals surface area contributed by atoms with E-state index in [0.29, 0.717) is 18.4 Å². The molecule has 0 aliphatic carbocycles. The SMILES string of the molecule is COC(=O)[C@@H]1C[C@@H](CC(=O)c2ccccc2)CN1C(=O)CNC=O.